The monoisotopic (exact) mass is 469 g/mol. The van der Waals surface area contributed by atoms with Gasteiger partial charge in [0, 0.05) is 32.4 Å². The highest BCUT2D eigenvalue weighted by Crippen LogP contribution is 2.30. The van der Waals surface area contributed by atoms with Gasteiger partial charge in [-0.05, 0) is 36.4 Å². The third-order valence-electron chi connectivity index (χ3n) is 4.46. The highest BCUT2D eigenvalue weighted by Gasteiger charge is 2.29. The smallest absolute Gasteiger partial charge is 0.262 e. The second-order valence-corrected chi connectivity index (χ2v) is 7.70. The number of ketones is 2. The van der Waals surface area contributed by atoms with Crippen LogP contribution in [0.2, 0.25) is 5.02 Å². The van der Waals surface area contributed by atoms with Gasteiger partial charge in [0.05, 0.1) is 5.02 Å². The summed E-state index contributed by atoms with van der Waals surface area (Å²) in [4.78, 5) is 37.6. The number of hydrogen-bond acceptors (Lipinski definition) is 4. The summed E-state index contributed by atoms with van der Waals surface area (Å²) in [6.07, 6.45) is 0. The van der Waals surface area contributed by atoms with E-state index in [-0.39, 0.29) is 23.7 Å². The van der Waals surface area contributed by atoms with Crippen molar-refractivity contribution in [2.24, 2.45) is 0 Å². The van der Waals surface area contributed by atoms with Crippen molar-refractivity contribution in [2.45, 2.75) is 0 Å². The van der Waals surface area contributed by atoms with Gasteiger partial charge >= 0.3 is 0 Å². The number of hydrogen-bond donors (Lipinski definition) is 1. The number of anilines is 1. The molecule has 0 heterocycles. The van der Waals surface area contributed by atoms with E-state index < -0.39 is 5.91 Å². The molecule has 0 spiro atoms. The van der Waals surface area contributed by atoms with E-state index in [1.165, 1.54) is 6.07 Å². The summed E-state index contributed by atoms with van der Waals surface area (Å²) in [5, 5.41) is 3.05. The third kappa shape index (κ3) is 3.81. The molecule has 144 valence electrons. The summed E-state index contributed by atoms with van der Waals surface area (Å²) in [5.41, 5.74) is 1.75. The van der Waals surface area contributed by atoms with Crippen molar-refractivity contribution in [3.63, 3.8) is 0 Å². The van der Waals surface area contributed by atoms with Gasteiger partial charge in [-0.15, -0.1) is 0 Å². The maximum Gasteiger partial charge on any atom is 0.262 e. The number of carbonyl (C=O) groups is 3. The molecule has 0 unspecified atom stereocenters. The summed E-state index contributed by atoms with van der Waals surface area (Å²) >= 11 is 9.37. The van der Waals surface area contributed by atoms with Gasteiger partial charge in [-0.3, -0.25) is 14.4 Å². The lowest BCUT2D eigenvalue weighted by molar-refractivity contribution is -0.118. The van der Waals surface area contributed by atoms with Crippen LogP contribution >= 0.6 is 27.5 Å². The van der Waals surface area contributed by atoms with E-state index >= 15 is 0 Å². The molecule has 1 amide bonds. The van der Waals surface area contributed by atoms with Crippen LogP contribution in [0, 0.1) is 0 Å². The Labute approximate surface area is 179 Å². The summed E-state index contributed by atoms with van der Waals surface area (Å²) < 4.78 is 6.24. The van der Waals surface area contributed by atoms with Crippen molar-refractivity contribution in [3.05, 3.63) is 92.4 Å². The molecular formula is C22H13BrClNO4. The van der Waals surface area contributed by atoms with Crippen molar-refractivity contribution in [3.8, 4) is 5.75 Å². The molecule has 5 nitrogen and oxygen atoms in total. The number of benzene rings is 3. The molecule has 29 heavy (non-hydrogen) atoms. The van der Waals surface area contributed by atoms with Crippen LogP contribution in [0.3, 0.4) is 0 Å². The van der Waals surface area contributed by atoms with Crippen LogP contribution in [0.1, 0.15) is 31.8 Å². The summed E-state index contributed by atoms with van der Waals surface area (Å²) in [6.45, 7) is -0.256. The molecule has 3 aromatic carbocycles. The highest BCUT2D eigenvalue weighted by atomic mass is 79.9. The van der Waals surface area contributed by atoms with E-state index in [2.05, 4.69) is 21.2 Å². The second-order valence-electron chi connectivity index (χ2n) is 6.38. The fraction of sp³-hybridized carbons (Fsp3) is 0.0455. The predicted octanol–water partition coefficient (Wildman–Crippen LogP) is 4.90. The van der Waals surface area contributed by atoms with Crippen LogP contribution in [-0.2, 0) is 4.79 Å². The molecule has 4 rings (SSSR count). The van der Waals surface area contributed by atoms with Gasteiger partial charge in [0.15, 0.2) is 18.2 Å². The molecule has 0 saturated carbocycles. The molecule has 1 aliphatic carbocycles. The Balaban J connectivity index is 1.50. The number of fused-ring (bicyclic) bond motifs is 2. The summed E-state index contributed by atoms with van der Waals surface area (Å²) in [7, 11) is 0. The summed E-state index contributed by atoms with van der Waals surface area (Å²) in [5.74, 6) is -0.489. The Morgan fingerprint density at radius 3 is 2.24 bits per heavy atom. The quantitative estimate of drug-likeness (QED) is 0.461. The maximum absolute atomic E-state index is 12.8. The Kier molecular flexibility index (Phi) is 5.22. The lowest BCUT2D eigenvalue weighted by Crippen LogP contribution is -2.23. The number of amides is 1. The maximum atomic E-state index is 12.8. The fourth-order valence-electron chi connectivity index (χ4n) is 3.11. The van der Waals surface area contributed by atoms with Crippen LogP contribution in [-0.4, -0.2) is 24.1 Å². The first-order valence-electron chi connectivity index (χ1n) is 8.64. The lowest BCUT2D eigenvalue weighted by Gasteiger charge is -2.18. The summed E-state index contributed by atoms with van der Waals surface area (Å²) in [6, 6.07) is 16.4. The SMILES string of the molecule is O=C(COc1ccc(Br)cc1Cl)Nc1ccc2c(c1)C(=O)c1ccccc1C2=O. The zero-order valence-electron chi connectivity index (χ0n) is 14.9. The molecule has 0 aliphatic heterocycles. The molecule has 0 aromatic heterocycles. The molecule has 7 heteroatoms. The Bertz CT molecular complexity index is 1180. The fourth-order valence-corrected chi connectivity index (χ4v) is 3.84. The minimum atomic E-state index is -0.418. The van der Waals surface area contributed by atoms with Crippen molar-refractivity contribution in [2.75, 3.05) is 11.9 Å². The zero-order valence-corrected chi connectivity index (χ0v) is 17.2. The first-order chi connectivity index (χ1) is 13.9. The van der Waals surface area contributed by atoms with Crippen LogP contribution < -0.4 is 10.1 Å². The average Bonchev–Trinajstić information content (AvgIpc) is 2.71. The lowest BCUT2D eigenvalue weighted by atomic mass is 9.84. The van der Waals surface area contributed by atoms with Crippen molar-refractivity contribution >= 4 is 50.7 Å². The molecule has 0 atom stereocenters. The van der Waals surface area contributed by atoms with Crippen LogP contribution in [0.25, 0.3) is 0 Å². The third-order valence-corrected chi connectivity index (χ3v) is 5.25. The van der Waals surface area contributed by atoms with E-state index in [0.29, 0.717) is 33.1 Å². The normalized spacial score (nSPS) is 12.2. The van der Waals surface area contributed by atoms with E-state index in [4.69, 9.17) is 16.3 Å². The van der Waals surface area contributed by atoms with Gasteiger partial charge in [0.2, 0.25) is 0 Å². The highest BCUT2D eigenvalue weighted by molar-refractivity contribution is 9.10. The average molecular weight is 471 g/mol. The van der Waals surface area contributed by atoms with Crippen molar-refractivity contribution in [1.29, 1.82) is 0 Å². The van der Waals surface area contributed by atoms with E-state index in [1.54, 1.807) is 54.6 Å². The van der Waals surface area contributed by atoms with Gasteiger partial charge in [0.1, 0.15) is 5.75 Å². The first kappa shape index (κ1) is 19.4. The van der Waals surface area contributed by atoms with Crippen LogP contribution in [0.15, 0.2) is 65.1 Å². The predicted molar refractivity (Wildman–Crippen MR) is 113 cm³/mol. The molecule has 1 aliphatic rings. The minimum Gasteiger partial charge on any atom is -0.482 e. The standard InChI is InChI=1S/C22H13BrClNO4/c23-12-5-8-19(18(24)9-12)29-11-20(26)25-13-6-7-16-17(10-13)22(28)15-4-2-1-3-14(15)21(16)27/h1-10H,11H2,(H,25,26). The number of ether oxygens (including phenoxy) is 1. The molecule has 3 aromatic rings. The molecule has 0 radical (unpaired) electrons. The largest absolute Gasteiger partial charge is 0.482 e. The van der Waals surface area contributed by atoms with Crippen molar-refractivity contribution < 1.29 is 19.1 Å². The van der Waals surface area contributed by atoms with Crippen molar-refractivity contribution in [1.82, 2.24) is 0 Å². The number of carbonyl (C=O) groups excluding carboxylic acids is 3. The Morgan fingerprint density at radius 2 is 1.55 bits per heavy atom. The van der Waals surface area contributed by atoms with Gasteiger partial charge in [-0.25, -0.2) is 0 Å². The molecule has 0 fully saturated rings. The second kappa shape index (κ2) is 7.81. The number of nitrogens with one attached hydrogen (secondary N) is 1. The van der Waals surface area contributed by atoms with Gasteiger partial charge < -0.3 is 10.1 Å². The number of halogens is 2. The van der Waals surface area contributed by atoms with E-state index in [1.807, 2.05) is 0 Å². The topological polar surface area (TPSA) is 72.5 Å². The van der Waals surface area contributed by atoms with Crippen LogP contribution in [0.4, 0.5) is 5.69 Å². The van der Waals surface area contributed by atoms with E-state index in [0.717, 1.165) is 4.47 Å². The molecular weight excluding hydrogens is 458 g/mol. The minimum absolute atomic E-state index is 0.207. The van der Waals surface area contributed by atoms with E-state index in [9.17, 15) is 14.4 Å². The Morgan fingerprint density at radius 1 is 0.897 bits per heavy atom. The molecule has 0 saturated heterocycles. The van der Waals surface area contributed by atoms with Crippen LogP contribution in [0.5, 0.6) is 5.75 Å². The Hall–Kier alpha value is -2.96. The zero-order chi connectivity index (χ0) is 20.5. The number of rotatable bonds is 4. The first-order valence-corrected chi connectivity index (χ1v) is 9.81. The van der Waals surface area contributed by atoms with Gasteiger partial charge in [-0.1, -0.05) is 51.8 Å². The van der Waals surface area contributed by atoms with Gasteiger partial charge in [-0.2, -0.15) is 0 Å². The molecule has 1 N–H and O–H groups in total. The van der Waals surface area contributed by atoms with Gasteiger partial charge in [0.25, 0.3) is 5.91 Å². The molecule has 0 bridgehead atoms.